The molecule has 8 nitrogen and oxygen atoms in total. The third kappa shape index (κ3) is 5.67. The van der Waals surface area contributed by atoms with Crippen LogP contribution in [0.2, 0.25) is 0 Å². The van der Waals surface area contributed by atoms with E-state index < -0.39 is 17.7 Å². The molecular formula is C31H32N2O6. The number of carbonyl (C=O) groups is 2. The molecule has 2 heterocycles. The van der Waals surface area contributed by atoms with Crippen LogP contribution < -0.4 is 9.47 Å². The minimum absolute atomic E-state index is 0.0621. The number of Topliss-reactive ketones (excluding diaryl/α,β-unsaturated/α-hetero) is 1. The highest BCUT2D eigenvalue weighted by Crippen LogP contribution is 2.41. The Balaban J connectivity index is 1.55. The van der Waals surface area contributed by atoms with Gasteiger partial charge in [-0.2, -0.15) is 0 Å². The maximum Gasteiger partial charge on any atom is 0.295 e. The lowest BCUT2D eigenvalue weighted by molar-refractivity contribution is -0.140. The zero-order valence-electron chi connectivity index (χ0n) is 22.1. The number of ketones is 1. The van der Waals surface area contributed by atoms with Gasteiger partial charge in [0, 0.05) is 31.7 Å². The number of methoxy groups -OCH3 is 1. The quantitative estimate of drug-likeness (QED) is 0.261. The summed E-state index contributed by atoms with van der Waals surface area (Å²) < 4.78 is 16.8. The van der Waals surface area contributed by atoms with Gasteiger partial charge in [-0.25, -0.2) is 0 Å². The third-order valence-corrected chi connectivity index (χ3v) is 7.14. The van der Waals surface area contributed by atoms with E-state index in [1.165, 1.54) is 0 Å². The normalized spacial score (nSPS) is 19.3. The van der Waals surface area contributed by atoms with Gasteiger partial charge in [0.15, 0.2) is 0 Å². The van der Waals surface area contributed by atoms with Crippen LogP contribution in [0.1, 0.15) is 22.7 Å². The summed E-state index contributed by atoms with van der Waals surface area (Å²) >= 11 is 0. The average molecular weight is 529 g/mol. The Labute approximate surface area is 228 Å². The second-order valence-corrected chi connectivity index (χ2v) is 9.61. The molecule has 2 fully saturated rings. The van der Waals surface area contributed by atoms with Gasteiger partial charge in [0.1, 0.15) is 23.0 Å². The van der Waals surface area contributed by atoms with Crippen molar-refractivity contribution in [3.8, 4) is 17.2 Å². The molecule has 0 spiro atoms. The number of rotatable bonds is 8. The van der Waals surface area contributed by atoms with E-state index >= 15 is 0 Å². The van der Waals surface area contributed by atoms with E-state index in [0.29, 0.717) is 54.7 Å². The smallest absolute Gasteiger partial charge is 0.295 e. The summed E-state index contributed by atoms with van der Waals surface area (Å²) in [7, 11) is 1.57. The molecule has 1 amide bonds. The molecule has 5 rings (SSSR count). The Kier molecular flexibility index (Phi) is 7.95. The molecule has 1 atom stereocenters. The molecule has 1 unspecified atom stereocenters. The van der Waals surface area contributed by atoms with Gasteiger partial charge >= 0.3 is 0 Å². The molecule has 0 aliphatic carbocycles. The van der Waals surface area contributed by atoms with Gasteiger partial charge in [0.05, 0.1) is 31.9 Å². The second-order valence-electron chi connectivity index (χ2n) is 9.61. The highest BCUT2D eigenvalue weighted by molar-refractivity contribution is 6.46. The zero-order chi connectivity index (χ0) is 27.4. The summed E-state index contributed by atoms with van der Waals surface area (Å²) in [6.07, 6.45) is 0. The SMILES string of the molecule is COc1ccc(/C(O)=C2/C(=O)C(=O)N(CCN3CCOCC3)C2c2cccc(Oc3ccccc3)c2)c(C)c1. The molecule has 2 aliphatic heterocycles. The van der Waals surface area contributed by atoms with Crippen LogP contribution in [0.25, 0.3) is 5.76 Å². The Morgan fingerprint density at radius 3 is 2.38 bits per heavy atom. The van der Waals surface area contributed by atoms with E-state index in [9.17, 15) is 14.7 Å². The van der Waals surface area contributed by atoms with E-state index in [-0.39, 0.29) is 11.3 Å². The van der Waals surface area contributed by atoms with Gasteiger partial charge in [-0.15, -0.1) is 0 Å². The number of aliphatic hydroxyl groups excluding tert-OH is 1. The van der Waals surface area contributed by atoms with Gasteiger partial charge in [0.25, 0.3) is 11.7 Å². The Bertz CT molecular complexity index is 1380. The predicted octanol–water partition coefficient (Wildman–Crippen LogP) is 4.55. The number of carbonyl (C=O) groups excluding carboxylic acids is 2. The number of hydrogen-bond acceptors (Lipinski definition) is 7. The summed E-state index contributed by atoms with van der Waals surface area (Å²) in [6, 6.07) is 21.2. The molecule has 0 bridgehead atoms. The van der Waals surface area contributed by atoms with Crippen molar-refractivity contribution in [1.29, 1.82) is 0 Å². The summed E-state index contributed by atoms with van der Waals surface area (Å²) in [5, 5.41) is 11.5. The fourth-order valence-electron chi connectivity index (χ4n) is 5.08. The number of para-hydroxylation sites is 1. The minimum atomic E-state index is -0.771. The van der Waals surface area contributed by atoms with E-state index in [1.54, 1.807) is 30.2 Å². The first-order valence-electron chi connectivity index (χ1n) is 13.0. The Hall–Kier alpha value is -4.14. The molecule has 2 aliphatic rings. The molecule has 3 aromatic rings. The first kappa shape index (κ1) is 26.5. The lowest BCUT2D eigenvalue weighted by atomic mass is 9.93. The van der Waals surface area contributed by atoms with Crippen LogP contribution in [-0.4, -0.2) is 73.1 Å². The molecule has 3 aromatic carbocycles. The molecule has 39 heavy (non-hydrogen) atoms. The highest BCUT2D eigenvalue weighted by Gasteiger charge is 2.46. The van der Waals surface area contributed by atoms with Crippen LogP contribution in [-0.2, 0) is 14.3 Å². The molecule has 8 heteroatoms. The fourth-order valence-corrected chi connectivity index (χ4v) is 5.08. The standard InChI is InChI=1S/C31H32N2O6/c1-21-19-24(37-2)11-12-26(21)29(34)27-28(22-7-6-10-25(20-22)39-23-8-4-3-5-9-23)33(31(36)30(27)35)14-13-32-15-17-38-18-16-32/h3-12,19-20,28,34H,13-18H2,1-2H3/b29-27-. The maximum absolute atomic E-state index is 13.5. The van der Waals surface area contributed by atoms with Crippen LogP contribution in [0.3, 0.4) is 0 Å². The van der Waals surface area contributed by atoms with Crippen molar-refractivity contribution < 1.29 is 28.9 Å². The van der Waals surface area contributed by atoms with Crippen LogP contribution in [0.5, 0.6) is 17.2 Å². The zero-order valence-corrected chi connectivity index (χ0v) is 22.1. The number of aliphatic hydroxyl groups is 1. The Morgan fingerprint density at radius 1 is 0.923 bits per heavy atom. The summed E-state index contributed by atoms with van der Waals surface area (Å²) in [6.45, 7) is 5.55. The van der Waals surface area contributed by atoms with Crippen molar-refractivity contribution in [2.75, 3.05) is 46.5 Å². The molecular weight excluding hydrogens is 496 g/mol. The minimum Gasteiger partial charge on any atom is -0.507 e. The number of hydrogen-bond donors (Lipinski definition) is 1. The highest BCUT2D eigenvalue weighted by atomic mass is 16.5. The lowest BCUT2D eigenvalue weighted by Crippen LogP contribution is -2.42. The van der Waals surface area contributed by atoms with Gasteiger partial charge in [-0.1, -0.05) is 30.3 Å². The number of ether oxygens (including phenoxy) is 3. The van der Waals surface area contributed by atoms with Gasteiger partial charge < -0.3 is 24.2 Å². The molecule has 202 valence electrons. The van der Waals surface area contributed by atoms with Crippen LogP contribution in [0, 0.1) is 6.92 Å². The molecule has 2 saturated heterocycles. The third-order valence-electron chi connectivity index (χ3n) is 7.14. The van der Waals surface area contributed by atoms with Crippen LogP contribution in [0.15, 0.2) is 78.4 Å². The first-order chi connectivity index (χ1) is 19.0. The van der Waals surface area contributed by atoms with Crippen molar-refractivity contribution in [3.63, 3.8) is 0 Å². The molecule has 0 radical (unpaired) electrons. The lowest BCUT2D eigenvalue weighted by Gasteiger charge is -2.31. The Morgan fingerprint density at radius 2 is 1.67 bits per heavy atom. The number of nitrogens with zero attached hydrogens (tertiary/aromatic N) is 2. The number of amides is 1. The number of aryl methyl sites for hydroxylation is 1. The molecule has 0 aromatic heterocycles. The largest absolute Gasteiger partial charge is 0.507 e. The number of benzene rings is 3. The van der Waals surface area contributed by atoms with Crippen molar-refractivity contribution in [1.82, 2.24) is 9.80 Å². The van der Waals surface area contributed by atoms with Gasteiger partial charge in [0.2, 0.25) is 0 Å². The topological polar surface area (TPSA) is 88.5 Å². The van der Waals surface area contributed by atoms with Crippen molar-refractivity contribution in [2.24, 2.45) is 0 Å². The van der Waals surface area contributed by atoms with Crippen molar-refractivity contribution >= 4 is 17.4 Å². The van der Waals surface area contributed by atoms with E-state index in [0.717, 1.165) is 18.7 Å². The predicted molar refractivity (Wildman–Crippen MR) is 147 cm³/mol. The monoisotopic (exact) mass is 528 g/mol. The van der Waals surface area contributed by atoms with E-state index in [4.69, 9.17) is 14.2 Å². The average Bonchev–Trinajstić information content (AvgIpc) is 3.22. The first-order valence-corrected chi connectivity index (χ1v) is 13.0. The van der Waals surface area contributed by atoms with E-state index in [2.05, 4.69) is 4.90 Å². The summed E-state index contributed by atoms with van der Waals surface area (Å²) in [4.78, 5) is 30.7. The van der Waals surface area contributed by atoms with Gasteiger partial charge in [-0.3, -0.25) is 14.5 Å². The molecule has 0 saturated carbocycles. The van der Waals surface area contributed by atoms with Crippen molar-refractivity contribution in [3.05, 3.63) is 95.1 Å². The van der Waals surface area contributed by atoms with Crippen LogP contribution >= 0.6 is 0 Å². The number of morpholine rings is 1. The van der Waals surface area contributed by atoms with Crippen molar-refractivity contribution in [2.45, 2.75) is 13.0 Å². The number of likely N-dealkylation sites (tertiary alicyclic amines) is 1. The van der Waals surface area contributed by atoms with E-state index in [1.807, 2.05) is 61.5 Å². The molecule has 1 N–H and O–H groups in total. The second kappa shape index (κ2) is 11.7. The summed E-state index contributed by atoms with van der Waals surface area (Å²) in [5.74, 6) is 0.335. The van der Waals surface area contributed by atoms with Crippen LogP contribution in [0.4, 0.5) is 0 Å². The fraction of sp³-hybridized carbons (Fsp3) is 0.290. The van der Waals surface area contributed by atoms with Gasteiger partial charge in [-0.05, 0) is 60.5 Å². The maximum atomic E-state index is 13.5. The summed E-state index contributed by atoms with van der Waals surface area (Å²) in [5.41, 5.74) is 1.94.